The fourth-order valence-corrected chi connectivity index (χ4v) is 2.93. The number of carbonyl (C=O) groups is 1. The minimum atomic E-state index is -0.394. The van der Waals surface area contributed by atoms with Crippen molar-refractivity contribution < 1.29 is 9.18 Å². The van der Waals surface area contributed by atoms with E-state index in [1.165, 1.54) is 12.1 Å². The molecular formula is C15H22FN3OS. The van der Waals surface area contributed by atoms with Crippen molar-refractivity contribution in [3.8, 4) is 0 Å². The number of thioether (sulfide) groups is 1. The van der Waals surface area contributed by atoms with E-state index in [0.717, 1.165) is 31.0 Å². The molecule has 0 saturated carbocycles. The van der Waals surface area contributed by atoms with Crippen LogP contribution in [0.4, 0.5) is 10.1 Å². The van der Waals surface area contributed by atoms with Crippen molar-refractivity contribution in [3.05, 3.63) is 30.1 Å². The lowest BCUT2D eigenvalue weighted by Crippen LogP contribution is -2.53. The maximum atomic E-state index is 12.9. The molecule has 1 aliphatic heterocycles. The number of hydrogen-bond acceptors (Lipinski definition) is 4. The lowest BCUT2D eigenvalue weighted by Gasteiger charge is -2.37. The molecule has 2 N–H and O–H groups in total. The molecule has 0 spiro atoms. The van der Waals surface area contributed by atoms with Gasteiger partial charge in [0.1, 0.15) is 5.82 Å². The summed E-state index contributed by atoms with van der Waals surface area (Å²) in [6, 6.07) is 6.08. The zero-order valence-corrected chi connectivity index (χ0v) is 13.1. The summed E-state index contributed by atoms with van der Waals surface area (Å²) in [6.45, 7) is 2.85. The van der Waals surface area contributed by atoms with Crippen LogP contribution in [0.15, 0.2) is 24.3 Å². The summed E-state index contributed by atoms with van der Waals surface area (Å²) in [6.07, 6.45) is 2.73. The van der Waals surface area contributed by atoms with Gasteiger partial charge in [-0.05, 0) is 42.7 Å². The number of halogens is 1. The van der Waals surface area contributed by atoms with Gasteiger partial charge in [-0.25, -0.2) is 4.39 Å². The third kappa shape index (κ3) is 4.35. The van der Waals surface area contributed by atoms with Gasteiger partial charge in [0.05, 0.1) is 6.04 Å². The van der Waals surface area contributed by atoms with E-state index >= 15 is 0 Å². The average molecular weight is 311 g/mol. The minimum absolute atomic E-state index is 0.0443. The van der Waals surface area contributed by atoms with Crippen LogP contribution in [-0.4, -0.2) is 55.0 Å². The Balaban J connectivity index is 1.85. The molecule has 0 bridgehead atoms. The van der Waals surface area contributed by atoms with E-state index < -0.39 is 6.04 Å². The van der Waals surface area contributed by atoms with E-state index in [1.807, 2.05) is 11.2 Å². The van der Waals surface area contributed by atoms with Gasteiger partial charge in [-0.15, -0.1) is 0 Å². The Morgan fingerprint density at radius 1 is 1.29 bits per heavy atom. The standard InChI is InChI=1S/C15H22FN3OS/c1-21-11-6-14(17)15(20)19-9-7-18(8-10-19)13-4-2-12(16)3-5-13/h2-5,14H,6-11,17H2,1H3/t14-/m1/s1. The molecule has 116 valence electrons. The molecular weight excluding hydrogens is 289 g/mol. The van der Waals surface area contributed by atoms with Gasteiger partial charge in [-0.3, -0.25) is 4.79 Å². The second-order valence-electron chi connectivity index (χ2n) is 5.18. The van der Waals surface area contributed by atoms with Crippen LogP contribution < -0.4 is 10.6 Å². The first-order chi connectivity index (χ1) is 10.1. The minimum Gasteiger partial charge on any atom is -0.368 e. The molecule has 1 saturated heterocycles. The van der Waals surface area contributed by atoms with Crippen molar-refractivity contribution in [3.63, 3.8) is 0 Å². The van der Waals surface area contributed by atoms with Crippen LogP contribution in [0.1, 0.15) is 6.42 Å². The molecule has 0 aliphatic carbocycles. The van der Waals surface area contributed by atoms with Crippen LogP contribution in [0.3, 0.4) is 0 Å². The van der Waals surface area contributed by atoms with Gasteiger partial charge in [0.2, 0.25) is 5.91 Å². The molecule has 6 heteroatoms. The van der Waals surface area contributed by atoms with Gasteiger partial charge in [0.15, 0.2) is 0 Å². The maximum Gasteiger partial charge on any atom is 0.239 e. The number of rotatable bonds is 5. The van der Waals surface area contributed by atoms with Crippen molar-refractivity contribution >= 4 is 23.4 Å². The highest BCUT2D eigenvalue weighted by molar-refractivity contribution is 7.98. The Bertz CT molecular complexity index is 460. The van der Waals surface area contributed by atoms with Crippen molar-refractivity contribution in [2.75, 3.05) is 43.1 Å². The van der Waals surface area contributed by atoms with Crippen molar-refractivity contribution in [1.29, 1.82) is 0 Å². The first kappa shape index (κ1) is 16.1. The molecule has 21 heavy (non-hydrogen) atoms. The number of nitrogens with two attached hydrogens (primary N) is 1. The molecule has 1 aliphatic rings. The number of amides is 1. The smallest absolute Gasteiger partial charge is 0.239 e. The lowest BCUT2D eigenvalue weighted by atomic mass is 10.2. The Morgan fingerprint density at radius 3 is 2.48 bits per heavy atom. The molecule has 1 amide bonds. The van der Waals surface area contributed by atoms with Gasteiger partial charge < -0.3 is 15.5 Å². The fraction of sp³-hybridized carbons (Fsp3) is 0.533. The quantitative estimate of drug-likeness (QED) is 0.896. The number of nitrogens with zero attached hydrogens (tertiary/aromatic N) is 2. The molecule has 1 heterocycles. The molecule has 1 atom stereocenters. The molecule has 4 nitrogen and oxygen atoms in total. The molecule has 0 aromatic heterocycles. The summed E-state index contributed by atoms with van der Waals surface area (Å²) in [4.78, 5) is 16.2. The molecule has 2 rings (SSSR count). The Hall–Kier alpha value is -1.27. The van der Waals surface area contributed by atoms with Gasteiger partial charge in [0.25, 0.3) is 0 Å². The normalized spacial score (nSPS) is 16.9. The summed E-state index contributed by atoms with van der Waals surface area (Å²) in [5.74, 6) is 0.720. The van der Waals surface area contributed by atoms with E-state index in [0.29, 0.717) is 13.1 Å². The largest absolute Gasteiger partial charge is 0.368 e. The van der Waals surface area contributed by atoms with Crippen molar-refractivity contribution in [2.24, 2.45) is 5.73 Å². The maximum absolute atomic E-state index is 12.9. The predicted molar refractivity (Wildman–Crippen MR) is 86.2 cm³/mol. The van der Waals surface area contributed by atoms with Crippen LogP contribution in [0, 0.1) is 5.82 Å². The first-order valence-electron chi connectivity index (χ1n) is 7.15. The van der Waals surface area contributed by atoms with Crippen molar-refractivity contribution in [1.82, 2.24) is 4.90 Å². The molecule has 1 fully saturated rings. The summed E-state index contributed by atoms with van der Waals surface area (Å²) < 4.78 is 12.9. The SMILES string of the molecule is CSCC[C@@H](N)C(=O)N1CCN(c2ccc(F)cc2)CC1. The summed E-state index contributed by atoms with van der Waals surface area (Å²) >= 11 is 1.70. The van der Waals surface area contributed by atoms with E-state index in [9.17, 15) is 9.18 Å². The zero-order valence-electron chi connectivity index (χ0n) is 12.3. The zero-order chi connectivity index (χ0) is 15.2. The van der Waals surface area contributed by atoms with E-state index in [4.69, 9.17) is 5.73 Å². The number of anilines is 1. The molecule has 1 aromatic carbocycles. The Morgan fingerprint density at radius 2 is 1.90 bits per heavy atom. The van der Waals surface area contributed by atoms with E-state index in [1.54, 1.807) is 23.9 Å². The number of hydrogen-bond donors (Lipinski definition) is 1. The highest BCUT2D eigenvalue weighted by Gasteiger charge is 2.25. The summed E-state index contributed by atoms with van der Waals surface area (Å²) in [7, 11) is 0. The van der Waals surface area contributed by atoms with Crippen LogP contribution in [-0.2, 0) is 4.79 Å². The van der Waals surface area contributed by atoms with Crippen molar-refractivity contribution in [2.45, 2.75) is 12.5 Å². The third-order valence-electron chi connectivity index (χ3n) is 3.73. The highest BCUT2D eigenvalue weighted by Crippen LogP contribution is 2.17. The predicted octanol–water partition coefficient (Wildman–Crippen LogP) is 1.55. The van der Waals surface area contributed by atoms with Gasteiger partial charge in [0, 0.05) is 31.9 Å². The van der Waals surface area contributed by atoms with E-state index in [2.05, 4.69) is 4.90 Å². The second kappa shape index (κ2) is 7.66. The number of benzene rings is 1. The molecule has 0 radical (unpaired) electrons. The van der Waals surface area contributed by atoms with E-state index in [-0.39, 0.29) is 11.7 Å². The molecule has 0 unspecified atom stereocenters. The van der Waals surface area contributed by atoms with Crippen LogP contribution in [0.5, 0.6) is 0 Å². The second-order valence-corrected chi connectivity index (χ2v) is 6.16. The lowest BCUT2D eigenvalue weighted by molar-refractivity contribution is -0.132. The monoisotopic (exact) mass is 311 g/mol. The third-order valence-corrected chi connectivity index (χ3v) is 4.38. The first-order valence-corrected chi connectivity index (χ1v) is 8.55. The topological polar surface area (TPSA) is 49.6 Å². The van der Waals surface area contributed by atoms with Gasteiger partial charge >= 0.3 is 0 Å². The molecule has 1 aromatic rings. The number of piperazine rings is 1. The van der Waals surface area contributed by atoms with Crippen LogP contribution in [0.25, 0.3) is 0 Å². The highest BCUT2D eigenvalue weighted by atomic mass is 32.2. The van der Waals surface area contributed by atoms with Crippen LogP contribution >= 0.6 is 11.8 Å². The van der Waals surface area contributed by atoms with Gasteiger partial charge in [-0.1, -0.05) is 0 Å². The summed E-state index contributed by atoms with van der Waals surface area (Å²) in [5.41, 5.74) is 6.93. The Kier molecular flexibility index (Phi) is 5.87. The number of carbonyl (C=O) groups excluding carboxylic acids is 1. The Labute approximate surface area is 129 Å². The summed E-state index contributed by atoms with van der Waals surface area (Å²) in [5, 5.41) is 0. The average Bonchev–Trinajstić information content (AvgIpc) is 2.53. The van der Waals surface area contributed by atoms with Gasteiger partial charge in [-0.2, -0.15) is 11.8 Å². The fourth-order valence-electron chi connectivity index (χ4n) is 2.44. The van der Waals surface area contributed by atoms with Crippen LogP contribution in [0.2, 0.25) is 0 Å².